The summed E-state index contributed by atoms with van der Waals surface area (Å²) in [6, 6.07) is 10.6. The van der Waals surface area contributed by atoms with Crippen LogP contribution in [0.1, 0.15) is 30.8 Å². The summed E-state index contributed by atoms with van der Waals surface area (Å²) >= 11 is 0. The maximum absolute atomic E-state index is 13.0. The van der Waals surface area contributed by atoms with Crippen LogP contribution in [-0.4, -0.2) is 62.9 Å². The Morgan fingerprint density at radius 3 is 2.36 bits per heavy atom. The molecule has 1 aliphatic heterocycles. The third-order valence-corrected chi connectivity index (χ3v) is 9.04. The second-order valence-electron chi connectivity index (χ2n) is 8.66. The number of fused-ring (bicyclic) bond motifs is 1. The molecule has 1 saturated heterocycles. The van der Waals surface area contributed by atoms with Crippen LogP contribution in [0.2, 0.25) is 0 Å². The van der Waals surface area contributed by atoms with Gasteiger partial charge < -0.3 is 14.6 Å². The van der Waals surface area contributed by atoms with Gasteiger partial charge in [0.2, 0.25) is 26.0 Å². The van der Waals surface area contributed by atoms with E-state index in [-0.39, 0.29) is 28.2 Å². The average molecular weight is 536 g/mol. The lowest BCUT2D eigenvalue weighted by Crippen LogP contribution is -2.40. The highest BCUT2D eigenvalue weighted by molar-refractivity contribution is 7.89. The lowest BCUT2D eigenvalue weighted by atomic mass is 10.1. The van der Waals surface area contributed by atoms with Gasteiger partial charge in [0.15, 0.2) is 0 Å². The molecule has 1 aromatic heterocycles. The molecule has 11 nitrogen and oxygen atoms in total. The first kappa shape index (κ1) is 26.2. The first-order valence-electron chi connectivity index (χ1n) is 11.4. The third-order valence-electron chi connectivity index (χ3n) is 6.21. The van der Waals surface area contributed by atoms with Crippen LogP contribution in [0.25, 0.3) is 11.0 Å². The van der Waals surface area contributed by atoms with Gasteiger partial charge in [-0.15, -0.1) is 0 Å². The number of benzene rings is 2. The van der Waals surface area contributed by atoms with Crippen molar-refractivity contribution in [3.05, 3.63) is 53.9 Å². The lowest BCUT2D eigenvalue weighted by molar-refractivity contribution is -0.121. The number of nitrogens with one attached hydrogen (secondary N) is 1. The van der Waals surface area contributed by atoms with E-state index in [9.17, 15) is 21.6 Å². The van der Waals surface area contributed by atoms with Crippen LogP contribution in [0, 0.1) is 0 Å². The lowest BCUT2D eigenvalue weighted by Gasteiger charge is -2.26. The quantitative estimate of drug-likeness (QED) is 0.437. The molecule has 0 aliphatic carbocycles. The molecule has 1 fully saturated rings. The van der Waals surface area contributed by atoms with Crippen LogP contribution in [0.5, 0.6) is 0 Å². The van der Waals surface area contributed by atoms with Crippen molar-refractivity contribution in [3.8, 4) is 0 Å². The van der Waals surface area contributed by atoms with Crippen molar-refractivity contribution in [3.63, 3.8) is 0 Å². The maximum atomic E-state index is 13.0. The Morgan fingerprint density at radius 1 is 1.08 bits per heavy atom. The number of morpholine rings is 1. The topological polar surface area (TPSA) is 154 Å². The van der Waals surface area contributed by atoms with Crippen molar-refractivity contribution in [2.75, 3.05) is 26.3 Å². The Kier molecular flexibility index (Phi) is 7.48. The fourth-order valence-corrected chi connectivity index (χ4v) is 6.06. The molecule has 0 bridgehead atoms. The van der Waals surface area contributed by atoms with Crippen LogP contribution in [-0.2, 0) is 43.0 Å². The van der Waals surface area contributed by atoms with Gasteiger partial charge in [-0.3, -0.25) is 4.79 Å². The first-order chi connectivity index (χ1) is 17.0. The number of amides is 1. The Hall–Kier alpha value is -2.84. The molecule has 1 amide bonds. The third kappa shape index (κ3) is 5.60. The van der Waals surface area contributed by atoms with E-state index in [1.807, 2.05) is 11.6 Å². The van der Waals surface area contributed by atoms with Crippen LogP contribution >= 0.6 is 0 Å². The number of carbonyl (C=O) groups is 1. The van der Waals surface area contributed by atoms with Gasteiger partial charge in [-0.1, -0.05) is 12.1 Å². The van der Waals surface area contributed by atoms with Gasteiger partial charge in [-0.05, 0) is 42.8 Å². The van der Waals surface area contributed by atoms with Gasteiger partial charge in [0.25, 0.3) is 0 Å². The van der Waals surface area contributed by atoms with Crippen LogP contribution in [0.4, 0.5) is 0 Å². The molecule has 3 aromatic rings. The number of imidazole rings is 1. The molecule has 194 valence electrons. The van der Waals surface area contributed by atoms with E-state index < -0.39 is 20.0 Å². The number of ether oxygens (including phenoxy) is 1. The summed E-state index contributed by atoms with van der Waals surface area (Å²) in [5.41, 5.74) is 2.06. The van der Waals surface area contributed by atoms with Gasteiger partial charge in [0.05, 0.1) is 40.1 Å². The summed E-state index contributed by atoms with van der Waals surface area (Å²) in [4.78, 5) is 17.3. The zero-order valence-corrected chi connectivity index (χ0v) is 21.7. The molecule has 2 heterocycles. The number of aryl methyl sites for hydroxylation is 2. The molecular formula is C23H29N5O6S2. The van der Waals surface area contributed by atoms with Crippen LogP contribution in [0.3, 0.4) is 0 Å². The highest BCUT2D eigenvalue weighted by atomic mass is 32.2. The smallest absolute Gasteiger partial charge is 0.243 e. The highest BCUT2D eigenvalue weighted by Crippen LogP contribution is 2.23. The first-order valence-corrected chi connectivity index (χ1v) is 14.4. The Bertz CT molecular complexity index is 1480. The summed E-state index contributed by atoms with van der Waals surface area (Å²) < 4.78 is 57.3. The number of carbonyl (C=O) groups excluding carboxylic acids is 1. The predicted octanol–water partition coefficient (Wildman–Crippen LogP) is 1.05. The number of primary sulfonamides is 1. The van der Waals surface area contributed by atoms with E-state index in [1.165, 1.54) is 16.4 Å². The number of rotatable bonds is 8. The molecule has 4 rings (SSSR count). The number of sulfonamides is 2. The van der Waals surface area contributed by atoms with Gasteiger partial charge in [0, 0.05) is 33.0 Å². The molecule has 3 N–H and O–H groups in total. The zero-order valence-electron chi connectivity index (χ0n) is 20.0. The Morgan fingerprint density at radius 2 is 1.72 bits per heavy atom. The molecule has 0 saturated carbocycles. The monoisotopic (exact) mass is 535 g/mol. The van der Waals surface area contributed by atoms with Crippen molar-refractivity contribution >= 4 is 37.0 Å². The zero-order chi connectivity index (χ0) is 26.1. The summed E-state index contributed by atoms with van der Waals surface area (Å²) in [5.74, 6) is 0.465. The maximum Gasteiger partial charge on any atom is 0.243 e. The molecule has 0 radical (unpaired) electrons. The van der Waals surface area contributed by atoms with E-state index in [1.54, 1.807) is 37.3 Å². The fraction of sp³-hybridized carbons (Fsp3) is 0.391. The highest BCUT2D eigenvalue weighted by Gasteiger charge is 2.27. The summed E-state index contributed by atoms with van der Waals surface area (Å²) in [5, 5.41) is 8.01. The number of nitrogens with zero attached hydrogens (tertiary/aromatic N) is 3. The molecule has 36 heavy (non-hydrogen) atoms. The van der Waals surface area contributed by atoms with E-state index in [2.05, 4.69) is 10.3 Å². The molecular weight excluding hydrogens is 506 g/mol. The SMILES string of the molecule is C[C@@H](NC(=O)CCc1nc2cc(S(=O)(=O)N3CCOCC3)ccc2n1C)c1ccc(S(N)(=O)=O)cc1. The molecule has 0 spiro atoms. The normalized spacial score (nSPS) is 16.2. The molecule has 0 unspecified atom stereocenters. The summed E-state index contributed by atoms with van der Waals surface area (Å²) in [6.07, 6.45) is 0.537. The standard InChI is InChI=1S/C23H29N5O6S2/c1-16(17-3-5-18(6-4-17)35(24,30)31)25-23(29)10-9-22-26-20-15-19(7-8-21(20)27(22)2)36(32,33)28-11-13-34-14-12-28/h3-8,15-16H,9-14H2,1-2H3,(H,25,29)(H2,24,30,31)/t16-/m1/s1. The largest absolute Gasteiger partial charge is 0.379 e. The molecule has 13 heteroatoms. The van der Waals surface area contributed by atoms with E-state index >= 15 is 0 Å². The van der Waals surface area contributed by atoms with Crippen molar-refractivity contribution < 1.29 is 26.4 Å². The molecule has 1 atom stereocenters. The van der Waals surface area contributed by atoms with Gasteiger partial charge >= 0.3 is 0 Å². The minimum absolute atomic E-state index is 0.00697. The van der Waals surface area contributed by atoms with E-state index in [0.717, 1.165) is 11.1 Å². The summed E-state index contributed by atoms with van der Waals surface area (Å²) in [7, 11) is -5.58. The summed E-state index contributed by atoms with van der Waals surface area (Å²) in [6.45, 7) is 3.18. The number of hydrogen-bond acceptors (Lipinski definition) is 7. The molecule has 2 aromatic carbocycles. The minimum Gasteiger partial charge on any atom is -0.379 e. The Labute approximate surface area is 210 Å². The van der Waals surface area contributed by atoms with Gasteiger partial charge in [-0.25, -0.2) is 27.0 Å². The number of hydrogen-bond donors (Lipinski definition) is 2. The second-order valence-corrected chi connectivity index (χ2v) is 12.2. The average Bonchev–Trinajstić information content (AvgIpc) is 3.17. The van der Waals surface area contributed by atoms with Gasteiger partial charge in [0.1, 0.15) is 5.82 Å². The molecule has 1 aliphatic rings. The van der Waals surface area contributed by atoms with E-state index in [0.29, 0.717) is 44.1 Å². The van der Waals surface area contributed by atoms with Crippen molar-refractivity contribution in [1.82, 2.24) is 19.2 Å². The van der Waals surface area contributed by atoms with Crippen LogP contribution in [0.15, 0.2) is 52.3 Å². The van der Waals surface area contributed by atoms with Crippen LogP contribution < -0.4 is 10.5 Å². The van der Waals surface area contributed by atoms with Crippen molar-refractivity contribution in [2.24, 2.45) is 12.2 Å². The van der Waals surface area contributed by atoms with Gasteiger partial charge in [-0.2, -0.15) is 4.31 Å². The predicted molar refractivity (Wildman–Crippen MR) is 133 cm³/mol. The van der Waals surface area contributed by atoms with E-state index in [4.69, 9.17) is 9.88 Å². The number of nitrogens with two attached hydrogens (primary N) is 1. The minimum atomic E-state index is -3.78. The fourth-order valence-electron chi connectivity index (χ4n) is 4.12. The second kappa shape index (κ2) is 10.3. The Balaban J connectivity index is 1.42. The number of aromatic nitrogens is 2. The van der Waals surface area contributed by atoms with Crippen molar-refractivity contribution in [2.45, 2.75) is 35.6 Å². The van der Waals surface area contributed by atoms with Crippen molar-refractivity contribution in [1.29, 1.82) is 0 Å².